The molecule has 2 N–H and O–H groups in total. The summed E-state index contributed by atoms with van der Waals surface area (Å²) in [5.74, 6) is 0. The number of aryl methyl sites for hydroxylation is 1. The predicted octanol–water partition coefficient (Wildman–Crippen LogP) is -0.289. The van der Waals surface area contributed by atoms with Crippen LogP contribution in [0.3, 0.4) is 0 Å². The first-order valence-corrected chi connectivity index (χ1v) is 5.11. The summed E-state index contributed by atoms with van der Waals surface area (Å²) in [4.78, 5) is 24.7. The topological polar surface area (TPSA) is 84.3 Å². The number of aliphatic hydroxyl groups is 1. The van der Waals surface area contributed by atoms with Crippen LogP contribution in [0.15, 0.2) is 15.8 Å². The third kappa shape index (κ3) is 3.01. The molecule has 0 aromatic carbocycles. The van der Waals surface area contributed by atoms with Crippen molar-refractivity contribution in [2.75, 3.05) is 13.7 Å². The number of aliphatic hydroxyl groups excluding tert-OH is 1. The van der Waals surface area contributed by atoms with Gasteiger partial charge in [0.1, 0.15) is 6.17 Å². The number of H-pyrrole nitrogens is 1. The summed E-state index contributed by atoms with van der Waals surface area (Å²) in [6, 6.07) is 0. The normalized spacial score (nSPS) is 14.6. The average Bonchev–Trinajstić information content (AvgIpc) is 2.26. The minimum absolute atomic E-state index is 0.150. The summed E-state index contributed by atoms with van der Waals surface area (Å²) in [7, 11) is 1.25. The molecular formula is C10H15FN2O4. The van der Waals surface area contributed by atoms with Crippen molar-refractivity contribution >= 4 is 0 Å². The molecule has 0 aliphatic heterocycles. The fraction of sp³-hybridized carbons (Fsp3) is 0.600. The van der Waals surface area contributed by atoms with Crippen molar-refractivity contribution in [1.29, 1.82) is 0 Å². The highest BCUT2D eigenvalue weighted by atomic mass is 19.1. The van der Waals surface area contributed by atoms with Gasteiger partial charge in [-0.2, -0.15) is 0 Å². The maximum absolute atomic E-state index is 13.6. The summed E-state index contributed by atoms with van der Waals surface area (Å²) in [5.41, 5.74) is -0.977. The number of nitrogens with zero attached hydrogens (tertiary/aromatic N) is 1. The van der Waals surface area contributed by atoms with Crippen LogP contribution in [0, 0.1) is 6.92 Å². The Kier molecular flexibility index (Phi) is 4.59. The van der Waals surface area contributed by atoms with E-state index in [-0.39, 0.29) is 18.6 Å². The molecule has 0 saturated carbocycles. The first-order chi connectivity index (χ1) is 8.01. The van der Waals surface area contributed by atoms with Crippen LogP contribution >= 0.6 is 0 Å². The van der Waals surface area contributed by atoms with Crippen molar-refractivity contribution in [3.05, 3.63) is 32.6 Å². The number of rotatable bonds is 5. The largest absolute Gasteiger partial charge is 0.396 e. The van der Waals surface area contributed by atoms with E-state index in [0.717, 1.165) is 4.57 Å². The fourth-order valence-corrected chi connectivity index (χ4v) is 1.48. The molecule has 0 radical (unpaired) electrons. The van der Waals surface area contributed by atoms with E-state index in [1.807, 2.05) is 0 Å². The third-order valence-electron chi connectivity index (χ3n) is 2.38. The lowest BCUT2D eigenvalue weighted by atomic mass is 10.2. The summed E-state index contributed by atoms with van der Waals surface area (Å²) in [6.07, 6.45) is -1.61. The maximum atomic E-state index is 13.6. The van der Waals surface area contributed by atoms with E-state index in [9.17, 15) is 14.0 Å². The molecule has 0 saturated heterocycles. The van der Waals surface area contributed by atoms with Gasteiger partial charge in [0, 0.05) is 31.9 Å². The highest BCUT2D eigenvalue weighted by Crippen LogP contribution is 2.16. The number of hydrogen-bond donors (Lipinski definition) is 2. The molecule has 7 heteroatoms. The van der Waals surface area contributed by atoms with E-state index >= 15 is 0 Å². The molecule has 0 amide bonds. The average molecular weight is 246 g/mol. The maximum Gasteiger partial charge on any atom is 0.330 e. The lowest BCUT2D eigenvalue weighted by Crippen LogP contribution is -2.37. The Balaban J connectivity index is 3.16. The number of aromatic amines is 1. The van der Waals surface area contributed by atoms with Gasteiger partial charge in [-0.25, -0.2) is 9.18 Å². The standard InChI is InChI=1S/C10H15FN2O4/c1-6-5-13(10(16)12-8(6)15)9(17-2)7(11)3-4-14/h5,7,9,14H,3-4H2,1-2H3,(H,12,15,16)/t7-,9?/m0/s1. The smallest absolute Gasteiger partial charge is 0.330 e. The van der Waals surface area contributed by atoms with E-state index in [4.69, 9.17) is 9.84 Å². The van der Waals surface area contributed by atoms with Crippen LogP contribution in [0.25, 0.3) is 0 Å². The second kappa shape index (κ2) is 5.74. The van der Waals surface area contributed by atoms with Crippen LogP contribution in [0.1, 0.15) is 18.2 Å². The number of ether oxygens (including phenoxy) is 1. The molecule has 17 heavy (non-hydrogen) atoms. The number of alkyl halides is 1. The number of hydrogen-bond acceptors (Lipinski definition) is 4. The fourth-order valence-electron chi connectivity index (χ4n) is 1.48. The SMILES string of the molecule is COC([C@@H](F)CCO)n1cc(C)c(=O)[nH]c1=O. The molecule has 1 aromatic heterocycles. The molecule has 1 unspecified atom stereocenters. The van der Waals surface area contributed by atoms with Gasteiger partial charge < -0.3 is 9.84 Å². The lowest BCUT2D eigenvalue weighted by Gasteiger charge is -2.21. The predicted molar refractivity (Wildman–Crippen MR) is 58.7 cm³/mol. The molecule has 96 valence electrons. The zero-order valence-corrected chi connectivity index (χ0v) is 9.64. The summed E-state index contributed by atoms with van der Waals surface area (Å²) in [6.45, 7) is 1.15. The third-order valence-corrected chi connectivity index (χ3v) is 2.38. The van der Waals surface area contributed by atoms with E-state index in [1.54, 1.807) is 0 Å². The molecule has 0 fully saturated rings. The Morgan fingerprint density at radius 1 is 1.59 bits per heavy atom. The first-order valence-electron chi connectivity index (χ1n) is 5.11. The Bertz CT molecular complexity index is 482. The monoisotopic (exact) mass is 246 g/mol. The molecule has 0 aliphatic rings. The van der Waals surface area contributed by atoms with Crippen molar-refractivity contribution in [3.63, 3.8) is 0 Å². The van der Waals surface area contributed by atoms with Crippen LogP contribution in [-0.2, 0) is 4.74 Å². The Morgan fingerprint density at radius 2 is 2.24 bits per heavy atom. The number of aromatic nitrogens is 2. The molecule has 0 aliphatic carbocycles. The van der Waals surface area contributed by atoms with Crippen LogP contribution in [0.5, 0.6) is 0 Å². The highest BCUT2D eigenvalue weighted by molar-refractivity contribution is 5.01. The van der Waals surface area contributed by atoms with Gasteiger partial charge in [-0.05, 0) is 6.92 Å². The zero-order chi connectivity index (χ0) is 13.0. The second-order valence-corrected chi connectivity index (χ2v) is 3.63. The van der Waals surface area contributed by atoms with Crippen LogP contribution in [-0.4, -0.2) is 34.5 Å². The molecule has 2 atom stereocenters. The van der Waals surface area contributed by atoms with E-state index < -0.39 is 23.6 Å². The quantitative estimate of drug-likeness (QED) is 0.747. The molecular weight excluding hydrogens is 231 g/mol. The van der Waals surface area contributed by atoms with E-state index in [0.29, 0.717) is 0 Å². The minimum Gasteiger partial charge on any atom is -0.396 e. The van der Waals surface area contributed by atoms with E-state index in [1.165, 1.54) is 20.2 Å². The van der Waals surface area contributed by atoms with Crippen LogP contribution in [0.2, 0.25) is 0 Å². The van der Waals surface area contributed by atoms with Crippen molar-refractivity contribution in [3.8, 4) is 0 Å². The van der Waals surface area contributed by atoms with Gasteiger partial charge in [-0.15, -0.1) is 0 Å². The lowest BCUT2D eigenvalue weighted by molar-refractivity contribution is -0.0319. The minimum atomic E-state index is -1.53. The summed E-state index contributed by atoms with van der Waals surface area (Å²) < 4.78 is 19.5. The van der Waals surface area contributed by atoms with Crippen molar-refractivity contribution in [1.82, 2.24) is 9.55 Å². The van der Waals surface area contributed by atoms with E-state index in [2.05, 4.69) is 4.98 Å². The zero-order valence-electron chi connectivity index (χ0n) is 9.64. The Morgan fingerprint density at radius 3 is 2.76 bits per heavy atom. The molecule has 6 nitrogen and oxygen atoms in total. The Hall–Kier alpha value is -1.47. The highest BCUT2D eigenvalue weighted by Gasteiger charge is 2.23. The number of nitrogens with one attached hydrogen (secondary N) is 1. The van der Waals surface area contributed by atoms with Crippen molar-refractivity contribution in [2.45, 2.75) is 25.7 Å². The first kappa shape index (κ1) is 13.6. The van der Waals surface area contributed by atoms with Crippen LogP contribution in [0.4, 0.5) is 4.39 Å². The molecule has 1 heterocycles. The summed E-state index contributed by atoms with van der Waals surface area (Å²) >= 11 is 0. The second-order valence-electron chi connectivity index (χ2n) is 3.63. The molecule has 1 aromatic rings. The molecule has 0 bridgehead atoms. The number of halogens is 1. The van der Waals surface area contributed by atoms with Gasteiger partial charge in [0.25, 0.3) is 5.56 Å². The molecule has 0 spiro atoms. The van der Waals surface area contributed by atoms with Gasteiger partial charge >= 0.3 is 5.69 Å². The van der Waals surface area contributed by atoms with Gasteiger partial charge in [-0.3, -0.25) is 14.3 Å². The van der Waals surface area contributed by atoms with Crippen molar-refractivity contribution in [2.24, 2.45) is 0 Å². The van der Waals surface area contributed by atoms with Gasteiger partial charge in [0.2, 0.25) is 0 Å². The Labute approximate surface area is 96.7 Å². The van der Waals surface area contributed by atoms with Gasteiger partial charge in [0.15, 0.2) is 6.23 Å². The van der Waals surface area contributed by atoms with Crippen LogP contribution < -0.4 is 11.2 Å². The summed E-state index contributed by atoms with van der Waals surface area (Å²) in [5, 5.41) is 8.66. The van der Waals surface area contributed by atoms with Crippen molar-refractivity contribution < 1.29 is 14.2 Å². The van der Waals surface area contributed by atoms with Gasteiger partial charge in [-0.1, -0.05) is 0 Å². The van der Waals surface area contributed by atoms with Gasteiger partial charge in [0.05, 0.1) is 0 Å². The number of methoxy groups -OCH3 is 1. The molecule has 1 rings (SSSR count).